The third kappa shape index (κ3) is 3.15. The van der Waals surface area contributed by atoms with Gasteiger partial charge in [0.15, 0.2) is 0 Å². The summed E-state index contributed by atoms with van der Waals surface area (Å²) in [5, 5.41) is 0. The highest BCUT2D eigenvalue weighted by atomic mass is 15.1. The number of aryl methyl sites for hydroxylation is 2. The van der Waals surface area contributed by atoms with Gasteiger partial charge in [-0.25, -0.2) is 4.98 Å². The van der Waals surface area contributed by atoms with Crippen molar-refractivity contribution in [3.8, 4) is 0 Å². The molecule has 2 nitrogen and oxygen atoms in total. The van der Waals surface area contributed by atoms with Gasteiger partial charge in [0.2, 0.25) is 0 Å². The van der Waals surface area contributed by atoms with Gasteiger partial charge in [-0.1, -0.05) is 56.3 Å². The molecule has 0 fully saturated rings. The first kappa shape index (κ1) is 13.9. The molecule has 0 aliphatic rings. The maximum Gasteiger partial charge on any atom is 0.110 e. The second-order valence-corrected chi connectivity index (χ2v) is 6.01. The number of rotatable bonds is 5. The van der Waals surface area contributed by atoms with Crippen LogP contribution in [0.5, 0.6) is 0 Å². The van der Waals surface area contributed by atoms with Crippen LogP contribution in [0.25, 0.3) is 11.0 Å². The molecule has 0 unspecified atom stereocenters. The molecule has 0 amide bonds. The molecule has 21 heavy (non-hydrogen) atoms. The maximum absolute atomic E-state index is 4.84. The van der Waals surface area contributed by atoms with Crippen LogP contribution in [-0.4, -0.2) is 9.55 Å². The molecule has 2 heteroatoms. The molecular weight excluding hydrogens is 256 g/mol. The average Bonchev–Trinajstić information content (AvgIpc) is 2.84. The standard InChI is InChI=1S/C19H22N2/c1-15(2)14-21-18-11-7-6-10-17(18)20-19(21)13-12-16-8-4-3-5-9-16/h3-11,15H,12-14H2,1-2H3. The number of imidazole rings is 1. The van der Waals surface area contributed by atoms with Gasteiger partial charge < -0.3 is 4.57 Å². The topological polar surface area (TPSA) is 17.8 Å². The van der Waals surface area contributed by atoms with Gasteiger partial charge in [-0.3, -0.25) is 0 Å². The first-order valence-corrected chi connectivity index (χ1v) is 7.72. The predicted octanol–water partition coefficient (Wildman–Crippen LogP) is 4.48. The van der Waals surface area contributed by atoms with Crippen molar-refractivity contribution in [3.05, 3.63) is 66.0 Å². The Morgan fingerprint density at radius 1 is 0.905 bits per heavy atom. The molecular formula is C19H22N2. The van der Waals surface area contributed by atoms with E-state index in [9.17, 15) is 0 Å². The molecule has 1 aromatic heterocycles. The Labute approximate surface area is 126 Å². The van der Waals surface area contributed by atoms with Crippen LogP contribution in [-0.2, 0) is 19.4 Å². The van der Waals surface area contributed by atoms with Crippen LogP contribution in [0, 0.1) is 5.92 Å². The second kappa shape index (κ2) is 6.13. The van der Waals surface area contributed by atoms with E-state index >= 15 is 0 Å². The molecule has 3 aromatic rings. The summed E-state index contributed by atoms with van der Waals surface area (Å²) in [6, 6.07) is 19.1. The Morgan fingerprint density at radius 3 is 2.38 bits per heavy atom. The minimum Gasteiger partial charge on any atom is -0.328 e. The predicted molar refractivity (Wildman–Crippen MR) is 88.4 cm³/mol. The molecule has 0 spiro atoms. The second-order valence-electron chi connectivity index (χ2n) is 6.01. The van der Waals surface area contributed by atoms with Gasteiger partial charge in [-0.2, -0.15) is 0 Å². The van der Waals surface area contributed by atoms with Crippen molar-refractivity contribution < 1.29 is 0 Å². The molecule has 0 atom stereocenters. The quantitative estimate of drug-likeness (QED) is 0.673. The molecule has 0 bridgehead atoms. The summed E-state index contributed by atoms with van der Waals surface area (Å²) in [5.74, 6) is 1.83. The van der Waals surface area contributed by atoms with Crippen LogP contribution >= 0.6 is 0 Å². The molecule has 1 heterocycles. The van der Waals surface area contributed by atoms with Gasteiger partial charge in [0.05, 0.1) is 11.0 Å². The first-order chi connectivity index (χ1) is 10.2. The van der Waals surface area contributed by atoms with Crippen LogP contribution < -0.4 is 0 Å². The smallest absolute Gasteiger partial charge is 0.110 e. The molecule has 2 aromatic carbocycles. The van der Waals surface area contributed by atoms with E-state index in [1.165, 1.54) is 16.9 Å². The van der Waals surface area contributed by atoms with Crippen LogP contribution in [0.2, 0.25) is 0 Å². The van der Waals surface area contributed by atoms with Gasteiger partial charge in [-0.05, 0) is 30.0 Å². The number of fused-ring (bicyclic) bond motifs is 1. The number of nitrogens with zero attached hydrogens (tertiary/aromatic N) is 2. The third-order valence-electron chi connectivity index (χ3n) is 3.76. The third-order valence-corrected chi connectivity index (χ3v) is 3.76. The van der Waals surface area contributed by atoms with Gasteiger partial charge in [-0.15, -0.1) is 0 Å². The van der Waals surface area contributed by atoms with Gasteiger partial charge in [0.25, 0.3) is 0 Å². The monoisotopic (exact) mass is 278 g/mol. The average molecular weight is 278 g/mol. The van der Waals surface area contributed by atoms with Crippen molar-refractivity contribution in [3.63, 3.8) is 0 Å². The van der Waals surface area contributed by atoms with E-state index in [1.54, 1.807) is 0 Å². The molecule has 3 rings (SSSR count). The molecule has 0 saturated heterocycles. The summed E-state index contributed by atoms with van der Waals surface area (Å²) in [4.78, 5) is 4.84. The summed E-state index contributed by atoms with van der Waals surface area (Å²) in [6.07, 6.45) is 2.04. The summed E-state index contributed by atoms with van der Waals surface area (Å²) < 4.78 is 2.39. The Bertz CT molecular complexity index is 711. The number of aromatic nitrogens is 2. The molecule has 0 aliphatic heterocycles. The number of hydrogen-bond acceptors (Lipinski definition) is 1. The number of para-hydroxylation sites is 2. The minimum absolute atomic E-state index is 0.623. The summed E-state index contributed by atoms with van der Waals surface area (Å²) in [6.45, 7) is 5.55. The van der Waals surface area contributed by atoms with E-state index in [1.807, 2.05) is 0 Å². The van der Waals surface area contributed by atoms with Crippen LogP contribution in [0.1, 0.15) is 25.2 Å². The lowest BCUT2D eigenvalue weighted by molar-refractivity contribution is 0.516. The van der Waals surface area contributed by atoms with Crippen molar-refractivity contribution in [1.29, 1.82) is 0 Å². The summed E-state index contributed by atoms with van der Waals surface area (Å²) >= 11 is 0. The summed E-state index contributed by atoms with van der Waals surface area (Å²) in [5.41, 5.74) is 3.75. The fraction of sp³-hybridized carbons (Fsp3) is 0.316. The maximum atomic E-state index is 4.84. The lowest BCUT2D eigenvalue weighted by Crippen LogP contribution is -2.09. The largest absolute Gasteiger partial charge is 0.328 e. The van der Waals surface area contributed by atoms with Crippen LogP contribution in [0.3, 0.4) is 0 Å². The van der Waals surface area contributed by atoms with Gasteiger partial charge >= 0.3 is 0 Å². The molecule has 0 saturated carbocycles. The molecule has 108 valence electrons. The molecule has 0 radical (unpaired) electrons. The van der Waals surface area contributed by atoms with Crippen molar-refractivity contribution >= 4 is 11.0 Å². The van der Waals surface area contributed by atoms with Gasteiger partial charge in [0.1, 0.15) is 5.82 Å². The first-order valence-electron chi connectivity index (χ1n) is 7.72. The fourth-order valence-electron chi connectivity index (χ4n) is 2.79. The van der Waals surface area contributed by atoms with E-state index in [4.69, 9.17) is 4.98 Å². The highest BCUT2D eigenvalue weighted by Crippen LogP contribution is 2.19. The lowest BCUT2D eigenvalue weighted by Gasteiger charge is -2.11. The number of hydrogen-bond donors (Lipinski definition) is 0. The van der Waals surface area contributed by atoms with Crippen LogP contribution in [0.4, 0.5) is 0 Å². The van der Waals surface area contributed by atoms with Crippen molar-refractivity contribution in [2.24, 2.45) is 5.92 Å². The summed E-state index contributed by atoms with van der Waals surface area (Å²) in [7, 11) is 0. The zero-order valence-electron chi connectivity index (χ0n) is 12.8. The zero-order valence-corrected chi connectivity index (χ0v) is 12.8. The molecule has 0 N–H and O–H groups in total. The zero-order chi connectivity index (χ0) is 14.7. The van der Waals surface area contributed by atoms with Crippen molar-refractivity contribution in [1.82, 2.24) is 9.55 Å². The van der Waals surface area contributed by atoms with E-state index in [2.05, 4.69) is 73.0 Å². The SMILES string of the molecule is CC(C)Cn1c(CCc2ccccc2)nc2ccccc21. The normalized spacial score (nSPS) is 11.4. The Kier molecular flexibility index (Phi) is 4.05. The lowest BCUT2D eigenvalue weighted by atomic mass is 10.1. The number of benzene rings is 2. The van der Waals surface area contributed by atoms with Crippen molar-refractivity contribution in [2.75, 3.05) is 0 Å². The molecule has 0 aliphatic carbocycles. The van der Waals surface area contributed by atoms with E-state index in [0.29, 0.717) is 5.92 Å². The Balaban J connectivity index is 1.89. The highest BCUT2D eigenvalue weighted by molar-refractivity contribution is 5.75. The van der Waals surface area contributed by atoms with E-state index in [-0.39, 0.29) is 0 Å². The Morgan fingerprint density at radius 2 is 1.62 bits per heavy atom. The Hall–Kier alpha value is -2.09. The van der Waals surface area contributed by atoms with Crippen LogP contribution in [0.15, 0.2) is 54.6 Å². The van der Waals surface area contributed by atoms with Crippen molar-refractivity contribution in [2.45, 2.75) is 33.2 Å². The highest BCUT2D eigenvalue weighted by Gasteiger charge is 2.11. The minimum atomic E-state index is 0.623. The fourth-order valence-corrected chi connectivity index (χ4v) is 2.79. The van der Waals surface area contributed by atoms with E-state index in [0.717, 1.165) is 24.9 Å². The van der Waals surface area contributed by atoms with E-state index < -0.39 is 0 Å². The van der Waals surface area contributed by atoms with Gasteiger partial charge in [0, 0.05) is 13.0 Å².